The zero-order valence-electron chi connectivity index (χ0n) is 7.67. The minimum absolute atomic E-state index is 0.195. The van der Waals surface area contributed by atoms with Gasteiger partial charge in [-0.05, 0) is 0 Å². The molecule has 0 aromatic carbocycles. The van der Waals surface area contributed by atoms with Crippen molar-refractivity contribution in [1.29, 1.82) is 0 Å². The van der Waals surface area contributed by atoms with E-state index in [-0.39, 0.29) is 6.42 Å². The molecule has 1 amide bonds. The van der Waals surface area contributed by atoms with Gasteiger partial charge in [0.2, 0.25) is 0 Å². The molecule has 1 atom stereocenters. The first-order chi connectivity index (χ1) is 7.09. The van der Waals surface area contributed by atoms with E-state index in [2.05, 4.69) is 25.5 Å². The Kier molecular flexibility index (Phi) is 3.63. The normalized spacial score (nSPS) is 11.8. The van der Waals surface area contributed by atoms with Crippen LogP contribution in [0.2, 0.25) is 0 Å². The zero-order chi connectivity index (χ0) is 11.3. The lowest BCUT2D eigenvalue weighted by molar-refractivity contribution is -0.232. The quantitative estimate of drug-likeness (QED) is 0.429. The number of amides is 1. The molecule has 1 heterocycles. The van der Waals surface area contributed by atoms with Crippen molar-refractivity contribution in [3.8, 4) is 0 Å². The van der Waals surface area contributed by atoms with Gasteiger partial charge in [0.15, 0.2) is 0 Å². The molecule has 0 aliphatic heterocycles. The molecule has 0 fully saturated rings. The maximum atomic E-state index is 11.1. The maximum Gasteiger partial charge on any atom is 0.447 e. The molecule has 82 valence electrons. The SMILES string of the molecule is NC(=O)OOC(=O)C(N)Cc1cnc[nH]1. The van der Waals surface area contributed by atoms with Crippen LogP contribution in [0.3, 0.4) is 0 Å². The smallest absolute Gasteiger partial charge is 0.348 e. The Morgan fingerprint density at radius 1 is 1.53 bits per heavy atom. The molecule has 0 radical (unpaired) electrons. The Hall–Kier alpha value is -2.09. The third-order valence-electron chi connectivity index (χ3n) is 1.50. The van der Waals surface area contributed by atoms with Crippen LogP contribution in [-0.4, -0.2) is 28.1 Å². The van der Waals surface area contributed by atoms with Crippen molar-refractivity contribution >= 4 is 12.1 Å². The first kappa shape index (κ1) is 11.0. The Morgan fingerprint density at radius 3 is 2.80 bits per heavy atom. The van der Waals surface area contributed by atoms with Crippen LogP contribution in [-0.2, 0) is 21.0 Å². The third kappa shape index (κ3) is 3.65. The van der Waals surface area contributed by atoms with Gasteiger partial charge in [-0.1, -0.05) is 0 Å². The van der Waals surface area contributed by atoms with Crippen molar-refractivity contribution in [1.82, 2.24) is 9.97 Å². The van der Waals surface area contributed by atoms with E-state index in [1.165, 1.54) is 12.5 Å². The molecule has 0 spiro atoms. The topological polar surface area (TPSA) is 133 Å². The van der Waals surface area contributed by atoms with Gasteiger partial charge in [-0.2, -0.15) is 0 Å². The van der Waals surface area contributed by atoms with Gasteiger partial charge < -0.3 is 16.5 Å². The van der Waals surface area contributed by atoms with Crippen LogP contribution in [0.4, 0.5) is 4.79 Å². The molecule has 0 saturated carbocycles. The van der Waals surface area contributed by atoms with Crippen LogP contribution in [0.15, 0.2) is 12.5 Å². The molecule has 1 unspecified atom stereocenters. The Balaban J connectivity index is 2.36. The number of nitrogens with zero attached hydrogens (tertiary/aromatic N) is 1. The molecule has 8 nitrogen and oxygen atoms in total. The van der Waals surface area contributed by atoms with Crippen LogP contribution >= 0.6 is 0 Å². The van der Waals surface area contributed by atoms with Gasteiger partial charge in [-0.15, -0.1) is 0 Å². The minimum Gasteiger partial charge on any atom is -0.348 e. The van der Waals surface area contributed by atoms with E-state index in [1.807, 2.05) is 0 Å². The van der Waals surface area contributed by atoms with E-state index in [9.17, 15) is 9.59 Å². The molecule has 1 aromatic heterocycles. The lowest BCUT2D eigenvalue weighted by Gasteiger charge is -2.07. The standard InChI is InChI=1S/C7H10N4O4/c8-5(1-4-2-10-3-11-4)6(12)14-15-7(9)13/h2-3,5H,1,8H2,(H2,9,13)(H,10,11). The summed E-state index contributed by atoms with van der Waals surface area (Å²) in [5.74, 6) is -0.886. The van der Waals surface area contributed by atoms with E-state index in [0.717, 1.165) is 0 Å². The van der Waals surface area contributed by atoms with Crippen LogP contribution in [0, 0.1) is 0 Å². The first-order valence-corrected chi connectivity index (χ1v) is 4.00. The van der Waals surface area contributed by atoms with E-state index in [4.69, 9.17) is 5.73 Å². The number of nitrogens with one attached hydrogen (secondary N) is 1. The van der Waals surface area contributed by atoms with Crippen molar-refractivity contribution < 1.29 is 19.4 Å². The molecular formula is C7H10N4O4. The average Bonchev–Trinajstić information content (AvgIpc) is 2.66. The number of primary amides is 1. The second-order valence-electron chi connectivity index (χ2n) is 2.69. The number of hydrogen-bond donors (Lipinski definition) is 3. The van der Waals surface area contributed by atoms with Gasteiger partial charge in [0, 0.05) is 18.3 Å². The molecule has 1 aromatic rings. The summed E-state index contributed by atoms with van der Waals surface area (Å²) in [5.41, 5.74) is 10.7. The van der Waals surface area contributed by atoms with Crippen molar-refractivity contribution in [3.63, 3.8) is 0 Å². The first-order valence-electron chi connectivity index (χ1n) is 4.00. The summed E-state index contributed by atoms with van der Waals surface area (Å²) >= 11 is 0. The fourth-order valence-electron chi connectivity index (χ4n) is 0.861. The molecule has 15 heavy (non-hydrogen) atoms. The number of aromatic nitrogens is 2. The highest BCUT2D eigenvalue weighted by Gasteiger charge is 2.18. The van der Waals surface area contributed by atoms with E-state index >= 15 is 0 Å². The second-order valence-corrected chi connectivity index (χ2v) is 2.69. The molecule has 5 N–H and O–H groups in total. The predicted octanol–water partition coefficient (Wildman–Crippen LogP) is -1.17. The molecule has 1 rings (SSSR count). The average molecular weight is 214 g/mol. The summed E-state index contributed by atoms with van der Waals surface area (Å²) in [6.07, 6.45) is 1.95. The Morgan fingerprint density at radius 2 is 2.27 bits per heavy atom. The molecule has 0 bridgehead atoms. The summed E-state index contributed by atoms with van der Waals surface area (Å²) in [5, 5.41) is 0. The summed E-state index contributed by atoms with van der Waals surface area (Å²) in [4.78, 5) is 35.5. The van der Waals surface area contributed by atoms with Gasteiger partial charge in [-0.3, -0.25) is 0 Å². The van der Waals surface area contributed by atoms with E-state index in [0.29, 0.717) is 5.69 Å². The molecule has 8 heteroatoms. The number of carbonyl (C=O) groups excluding carboxylic acids is 2. The van der Waals surface area contributed by atoms with Crippen LogP contribution in [0.25, 0.3) is 0 Å². The number of imidazole rings is 1. The van der Waals surface area contributed by atoms with E-state index < -0.39 is 18.1 Å². The minimum atomic E-state index is -1.21. The predicted molar refractivity (Wildman–Crippen MR) is 47.0 cm³/mol. The van der Waals surface area contributed by atoms with Gasteiger partial charge in [-0.25, -0.2) is 24.3 Å². The number of H-pyrrole nitrogens is 1. The molecule has 0 aliphatic carbocycles. The summed E-state index contributed by atoms with van der Waals surface area (Å²) in [7, 11) is 0. The highest BCUT2D eigenvalue weighted by atomic mass is 17.2. The zero-order valence-corrected chi connectivity index (χ0v) is 7.67. The van der Waals surface area contributed by atoms with Crippen molar-refractivity contribution in [2.24, 2.45) is 11.5 Å². The lowest BCUT2D eigenvalue weighted by Crippen LogP contribution is -2.35. The summed E-state index contributed by atoms with van der Waals surface area (Å²) in [6, 6.07) is -0.954. The fraction of sp³-hybridized carbons (Fsp3) is 0.286. The van der Waals surface area contributed by atoms with Crippen LogP contribution in [0.1, 0.15) is 5.69 Å². The molecule has 0 saturated heterocycles. The second kappa shape index (κ2) is 4.96. The molecule has 0 aliphatic rings. The number of aromatic amines is 1. The summed E-state index contributed by atoms with van der Waals surface area (Å²) < 4.78 is 0. The van der Waals surface area contributed by atoms with E-state index in [1.54, 1.807) is 0 Å². The fourth-order valence-corrected chi connectivity index (χ4v) is 0.861. The highest BCUT2D eigenvalue weighted by molar-refractivity contribution is 5.76. The molecular weight excluding hydrogens is 204 g/mol. The van der Waals surface area contributed by atoms with Crippen molar-refractivity contribution in [3.05, 3.63) is 18.2 Å². The van der Waals surface area contributed by atoms with Crippen LogP contribution < -0.4 is 11.5 Å². The number of carbonyl (C=O) groups is 2. The lowest BCUT2D eigenvalue weighted by atomic mass is 10.2. The highest BCUT2D eigenvalue weighted by Crippen LogP contribution is 1.98. The van der Waals surface area contributed by atoms with Crippen molar-refractivity contribution in [2.45, 2.75) is 12.5 Å². The number of rotatable bonds is 3. The summed E-state index contributed by atoms with van der Waals surface area (Å²) in [6.45, 7) is 0. The largest absolute Gasteiger partial charge is 0.447 e. The Labute approximate surface area is 84.5 Å². The third-order valence-corrected chi connectivity index (χ3v) is 1.50. The number of nitrogens with two attached hydrogens (primary N) is 2. The van der Waals surface area contributed by atoms with Gasteiger partial charge in [0.25, 0.3) is 0 Å². The monoisotopic (exact) mass is 214 g/mol. The Bertz CT molecular complexity index is 337. The van der Waals surface area contributed by atoms with Gasteiger partial charge >= 0.3 is 12.1 Å². The van der Waals surface area contributed by atoms with Gasteiger partial charge in [0.05, 0.1) is 6.33 Å². The van der Waals surface area contributed by atoms with Gasteiger partial charge in [0.1, 0.15) is 6.04 Å². The van der Waals surface area contributed by atoms with Crippen molar-refractivity contribution in [2.75, 3.05) is 0 Å². The number of hydrogen-bond acceptors (Lipinski definition) is 6. The maximum absolute atomic E-state index is 11.1. The van der Waals surface area contributed by atoms with Crippen LogP contribution in [0.5, 0.6) is 0 Å².